The second-order valence-electron chi connectivity index (χ2n) is 7.79. The summed E-state index contributed by atoms with van der Waals surface area (Å²) in [6.45, 7) is 0.184. The Morgan fingerprint density at radius 1 is 0.943 bits per heavy atom. The average molecular weight is 484 g/mol. The molecule has 0 aliphatic heterocycles. The fourth-order valence-corrected chi connectivity index (χ4v) is 3.88. The zero-order chi connectivity index (χ0) is 24.2. The molecular weight excluding hydrogens is 465 g/mol. The van der Waals surface area contributed by atoms with Crippen LogP contribution in [0.5, 0.6) is 5.75 Å². The molecule has 0 aliphatic carbocycles. The second kappa shape index (κ2) is 9.91. The van der Waals surface area contributed by atoms with Crippen molar-refractivity contribution in [3.05, 3.63) is 129 Å². The van der Waals surface area contributed by atoms with Crippen molar-refractivity contribution >= 4 is 28.7 Å². The highest BCUT2D eigenvalue weighted by Gasteiger charge is 2.12. The first-order valence-corrected chi connectivity index (χ1v) is 11.2. The maximum atomic E-state index is 13.4. The van der Waals surface area contributed by atoms with Crippen LogP contribution in [0.3, 0.4) is 0 Å². The normalized spacial score (nSPS) is 11.3. The van der Waals surface area contributed by atoms with Crippen molar-refractivity contribution in [2.75, 3.05) is 0 Å². The van der Waals surface area contributed by atoms with E-state index in [1.165, 1.54) is 16.8 Å². The number of aromatic nitrogens is 2. The van der Waals surface area contributed by atoms with Gasteiger partial charge in [-0.15, -0.1) is 0 Å². The van der Waals surface area contributed by atoms with Gasteiger partial charge in [-0.25, -0.2) is 9.37 Å². The molecule has 0 fully saturated rings. The Morgan fingerprint density at radius 3 is 2.54 bits per heavy atom. The van der Waals surface area contributed by atoms with E-state index in [-0.39, 0.29) is 18.0 Å². The van der Waals surface area contributed by atoms with Crippen molar-refractivity contribution in [3.63, 3.8) is 0 Å². The minimum absolute atomic E-state index is 0.184. The third-order valence-corrected chi connectivity index (χ3v) is 5.64. The topological polar surface area (TPSA) is 56.5 Å². The molecule has 35 heavy (non-hydrogen) atoms. The lowest BCUT2D eigenvalue weighted by Crippen LogP contribution is -2.20. The number of ether oxygens (including phenoxy) is 1. The molecule has 5 nitrogen and oxygen atoms in total. The van der Waals surface area contributed by atoms with Gasteiger partial charge in [-0.2, -0.15) is 9.78 Å². The summed E-state index contributed by atoms with van der Waals surface area (Å²) >= 11 is 6.40. The lowest BCUT2D eigenvalue weighted by molar-refractivity contribution is 0.306. The third kappa shape index (κ3) is 4.98. The van der Waals surface area contributed by atoms with E-state index in [1.807, 2.05) is 36.4 Å². The molecule has 5 rings (SSSR count). The van der Waals surface area contributed by atoms with E-state index >= 15 is 0 Å². The second-order valence-corrected chi connectivity index (χ2v) is 8.20. The number of hydrogen-bond acceptors (Lipinski definition) is 4. The summed E-state index contributed by atoms with van der Waals surface area (Å²) < 4.78 is 20.4. The predicted octanol–water partition coefficient (Wildman–Crippen LogP) is 6.32. The van der Waals surface area contributed by atoms with Gasteiger partial charge in [-0.05, 0) is 53.6 Å². The molecule has 1 aromatic heterocycles. The Hall–Kier alpha value is -4.29. The highest BCUT2D eigenvalue weighted by molar-refractivity contribution is 6.32. The van der Waals surface area contributed by atoms with Gasteiger partial charge in [-0.3, -0.25) is 4.79 Å². The summed E-state index contributed by atoms with van der Waals surface area (Å²) in [5, 5.41) is 5.30. The fraction of sp³-hybridized carbons (Fsp3) is 0.0357. The summed E-state index contributed by atoms with van der Waals surface area (Å²) in [4.78, 5) is 17.9. The molecule has 0 radical (unpaired) electrons. The van der Waals surface area contributed by atoms with Gasteiger partial charge in [0.25, 0.3) is 5.56 Å². The van der Waals surface area contributed by atoms with Crippen LogP contribution in [-0.4, -0.2) is 15.9 Å². The molecule has 7 heteroatoms. The number of fused-ring (bicyclic) bond motifs is 1. The van der Waals surface area contributed by atoms with E-state index in [4.69, 9.17) is 16.3 Å². The Morgan fingerprint density at radius 2 is 1.74 bits per heavy atom. The van der Waals surface area contributed by atoms with Gasteiger partial charge in [0.05, 0.1) is 22.1 Å². The Balaban J connectivity index is 1.46. The van der Waals surface area contributed by atoms with Crippen LogP contribution in [0.4, 0.5) is 4.39 Å². The van der Waals surface area contributed by atoms with Crippen LogP contribution in [0, 0.1) is 5.82 Å². The number of para-hydroxylation sites is 1. The van der Waals surface area contributed by atoms with Gasteiger partial charge in [0.2, 0.25) is 0 Å². The van der Waals surface area contributed by atoms with Gasteiger partial charge in [0.15, 0.2) is 5.82 Å². The van der Waals surface area contributed by atoms with Crippen LogP contribution in [0.25, 0.3) is 22.3 Å². The van der Waals surface area contributed by atoms with Crippen molar-refractivity contribution in [2.24, 2.45) is 5.10 Å². The lowest BCUT2D eigenvalue weighted by Gasteiger charge is -2.10. The molecule has 172 valence electrons. The number of benzene rings is 4. The molecule has 0 bridgehead atoms. The van der Waals surface area contributed by atoms with Crippen molar-refractivity contribution in [1.82, 2.24) is 9.66 Å². The first-order valence-electron chi connectivity index (χ1n) is 10.9. The minimum atomic E-state index is -0.322. The first kappa shape index (κ1) is 22.5. The van der Waals surface area contributed by atoms with E-state index in [1.54, 1.807) is 54.7 Å². The van der Waals surface area contributed by atoms with Crippen LogP contribution in [0.2, 0.25) is 5.02 Å². The molecule has 5 aromatic rings. The quantitative estimate of drug-likeness (QED) is 0.266. The molecule has 0 saturated carbocycles. The predicted molar refractivity (Wildman–Crippen MR) is 137 cm³/mol. The summed E-state index contributed by atoms with van der Waals surface area (Å²) in [5.74, 6) is 0.575. The molecule has 0 atom stereocenters. The zero-order valence-corrected chi connectivity index (χ0v) is 19.2. The van der Waals surface area contributed by atoms with Gasteiger partial charge in [0.1, 0.15) is 18.2 Å². The Bertz CT molecular complexity index is 1600. The van der Waals surface area contributed by atoms with Gasteiger partial charge in [-0.1, -0.05) is 66.2 Å². The third-order valence-electron chi connectivity index (χ3n) is 5.35. The standard InChI is InChI=1S/C28H19ClFN3O2/c29-24-16-19(13-14-26(24)35-18-20-7-6-10-22(30)15-20)17-31-33-27(21-8-2-1-3-9-21)32-25-12-5-4-11-23(25)28(33)34/h1-17H,18H2. The van der Waals surface area contributed by atoms with Crippen molar-refractivity contribution < 1.29 is 9.13 Å². The van der Waals surface area contributed by atoms with E-state index in [0.29, 0.717) is 38.6 Å². The monoisotopic (exact) mass is 483 g/mol. The van der Waals surface area contributed by atoms with Gasteiger partial charge < -0.3 is 4.74 Å². The first-order chi connectivity index (χ1) is 17.1. The van der Waals surface area contributed by atoms with Crippen LogP contribution >= 0.6 is 11.6 Å². The smallest absolute Gasteiger partial charge is 0.282 e. The molecule has 0 unspecified atom stereocenters. The van der Waals surface area contributed by atoms with Crippen LogP contribution < -0.4 is 10.3 Å². The average Bonchev–Trinajstić information content (AvgIpc) is 2.88. The SMILES string of the molecule is O=c1c2ccccc2nc(-c2ccccc2)n1N=Cc1ccc(OCc2cccc(F)c2)c(Cl)c1. The number of hydrogen-bond donors (Lipinski definition) is 0. The Labute approximate surface area is 205 Å². The van der Waals surface area contributed by atoms with E-state index < -0.39 is 0 Å². The van der Waals surface area contributed by atoms with Crippen LogP contribution in [0.1, 0.15) is 11.1 Å². The molecule has 0 N–H and O–H groups in total. The highest BCUT2D eigenvalue weighted by atomic mass is 35.5. The van der Waals surface area contributed by atoms with Gasteiger partial charge >= 0.3 is 0 Å². The molecular formula is C28H19ClFN3O2. The minimum Gasteiger partial charge on any atom is -0.487 e. The largest absolute Gasteiger partial charge is 0.487 e. The maximum Gasteiger partial charge on any atom is 0.282 e. The van der Waals surface area contributed by atoms with Crippen molar-refractivity contribution in [2.45, 2.75) is 6.61 Å². The summed E-state index contributed by atoms with van der Waals surface area (Å²) in [5.41, 5.74) is 2.47. The van der Waals surface area contributed by atoms with Crippen molar-refractivity contribution in [1.29, 1.82) is 0 Å². The molecule has 0 amide bonds. The number of halogens is 2. The molecule has 0 aliphatic rings. The number of nitrogens with zero attached hydrogens (tertiary/aromatic N) is 3. The molecule has 4 aromatic carbocycles. The van der Waals surface area contributed by atoms with Crippen LogP contribution in [0.15, 0.2) is 107 Å². The van der Waals surface area contributed by atoms with E-state index in [2.05, 4.69) is 10.1 Å². The highest BCUT2D eigenvalue weighted by Crippen LogP contribution is 2.26. The van der Waals surface area contributed by atoms with E-state index in [9.17, 15) is 9.18 Å². The van der Waals surface area contributed by atoms with Gasteiger partial charge in [0, 0.05) is 5.56 Å². The summed E-state index contributed by atoms with van der Waals surface area (Å²) in [6.07, 6.45) is 1.55. The lowest BCUT2D eigenvalue weighted by atomic mass is 10.2. The maximum absolute atomic E-state index is 13.4. The zero-order valence-electron chi connectivity index (χ0n) is 18.4. The molecule has 1 heterocycles. The summed E-state index contributed by atoms with van der Waals surface area (Å²) in [7, 11) is 0. The number of rotatable bonds is 6. The van der Waals surface area contributed by atoms with Crippen molar-refractivity contribution in [3.8, 4) is 17.1 Å². The Kier molecular flexibility index (Phi) is 6.37. The molecule has 0 spiro atoms. The van der Waals surface area contributed by atoms with Crippen LogP contribution in [-0.2, 0) is 6.61 Å². The molecule has 0 saturated heterocycles. The summed E-state index contributed by atoms with van der Waals surface area (Å²) in [6, 6.07) is 28.0. The fourth-order valence-electron chi connectivity index (χ4n) is 3.63. The van der Waals surface area contributed by atoms with E-state index in [0.717, 1.165) is 5.56 Å².